The predicted octanol–water partition coefficient (Wildman–Crippen LogP) is 2.63. The van der Waals surface area contributed by atoms with Crippen molar-refractivity contribution in [3.63, 3.8) is 0 Å². The molecule has 16 heavy (non-hydrogen) atoms. The number of ether oxygens (including phenoxy) is 1. The Labute approximate surface area is 99.0 Å². The van der Waals surface area contributed by atoms with Gasteiger partial charge in [-0.25, -0.2) is 9.37 Å². The van der Waals surface area contributed by atoms with E-state index in [1.165, 1.54) is 25.1 Å². The number of hydrogen-bond acceptors (Lipinski definition) is 4. The van der Waals surface area contributed by atoms with E-state index in [9.17, 15) is 4.39 Å². The van der Waals surface area contributed by atoms with Crippen LogP contribution in [0.4, 0.5) is 4.39 Å². The summed E-state index contributed by atoms with van der Waals surface area (Å²) in [5.74, 6) is 0.00845. The van der Waals surface area contributed by atoms with Crippen LogP contribution in [-0.2, 0) is 0 Å². The fourth-order valence-corrected chi connectivity index (χ4v) is 1.21. The molecule has 1 aromatic heterocycles. The minimum Gasteiger partial charge on any atom is -0.481 e. The predicted molar refractivity (Wildman–Crippen MR) is 65.6 cm³/mol. The molecule has 2 N–H and O–H groups in total. The standard InChI is InChI=1S/C11H15FN2OS/c1-11(2,16-13)5-4-8-6-9(12)7-14-10(8)15-3/h4-7H,13H2,1-3H3. The molecule has 0 unspecified atom stereocenters. The van der Waals surface area contributed by atoms with Crippen molar-refractivity contribution in [2.45, 2.75) is 18.6 Å². The van der Waals surface area contributed by atoms with E-state index in [2.05, 4.69) is 4.98 Å². The minimum absolute atomic E-state index is 0.211. The summed E-state index contributed by atoms with van der Waals surface area (Å²) in [6.45, 7) is 3.93. The lowest BCUT2D eigenvalue weighted by molar-refractivity contribution is 0.394. The summed E-state index contributed by atoms with van der Waals surface area (Å²) in [7, 11) is 1.50. The zero-order valence-electron chi connectivity index (χ0n) is 9.53. The van der Waals surface area contributed by atoms with Crippen molar-refractivity contribution in [3.05, 3.63) is 29.7 Å². The van der Waals surface area contributed by atoms with Gasteiger partial charge in [-0.3, -0.25) is 5.14 Å². The van der Waals surface area contributed by atoms with E-state index in [0.29, 0.717) is 11.4 Å². The van der Waals surface area contributed by atoms with Crippen LogP contribution in [0.3, 0.4) is 0 Å². The maximum Gasteiger partial charge on any atom is 0.220 e. The summed E-state index contributed by atoms with van der Waals surface area (Å²) in [5.41, 5.74) is 0.602. The van der Waals surface area contributed by atoms with Crippen molar-refractivity contribution in [1.82, 2.24) is 4.98 Å². The van der Waals surface area contributed by atoms with Crippen LogP contribution in [0.15, 0.2) is 18.3 Å². The maximum absolute atomic E-state index is 13.0. The molecule has 0 radical (unpaired) electrons. The van der Waals surface area contributed by atoms with Crippen LogP contribution in [0.1, 0.15) is 19.4 Å². The molecule has 1 heterocycles. The molecule has 0 amide bonds. The van der Waals surface area contributed by atoms with E-state index >= 15 is 0 Å². The largest absolute Gasteiger partial charge is 0.481 e. The number of halogens is 1. The Balaban J connectivity index is 3.00. The maximum atomic E-state index is 13.0. The first-order chi connectivity index (χ1) is 7.48. The molecule has 0 aliphatic carbocycles. The van der Waals surface area contributed by atoms with Crippen molar-refractivity contribution in [2.24, 2.45) is 5.14 Å². The Morgan fingerprint density at radius 3 is 2.81 bits per heavy atom. The first-order valence-electron chi connectivity index (χ1n) is 4.75. The van der Waals surface area contributed by atoms with E-state index in [4.69, 9.17) is 9.88 Å². The van der Waals surface area contributed by atoms with Gasteiger partial charge in [-0.15, -0.1) is 0 Å². The fraction of sp³-hybridized carbons (Fsp3) is 0.364. The number of methoxy groups -OCH3 is 1. The minimum atomic E-state index is -0.390. The zero-order chi connectivity index (χ0) is 12.2. The average Bonchev–Trinajstić information content (AvgIpc) is 2.27. The first kappa shape index (κ1) is 13.0. The molecule has 0 spiro atoms. The van der Waals surface area contributed by atoms with Crippen LogP contribution in [0.25, 0.3) is 6.08 Å². The first-order valence-corrected chi connectivity index (χ1v) is 5.63. The van der Waals surface area contributed by atoms with Gasteiger partial charge in [0.2, 0.25) is 5.88 Å². The molecule has 88 valence electrons. The third-order valence-electron chi connectivity index (χ3n) is 2.01. The molecule has 0 aliphatic rings. The van der Waals surface area contributed by atoms with Crippen molar-refractivity contribution in [3.8, 4) is 5.88 Å². The number of rotatable bonds is 4. The number of nitrogens with zero attached hydrogens (tertiary/aromatic N) is 1. The topological polar surface area (TPSA) is 48.1 Å². The van der Waals surface area contributed by atoms with Crippen LogP contribution in [0, 0.1) is 5.82 Å². The molecule has 0 bridgehead atoms. The SMILES string of the molecule is COc1ncc(F)cc1C=CC(C)(C)SN. The van der Waals surface area contributed by atoms with Gasteiger partial charge in [0.15, 0.2) is 0 Å². The van der Waals surface area contributed by atoms with Gasteiger partial charge in [0.1, 0.15) is 5.82 Å². The lowest BCUT2D eigenvalue weighted by atomic mass is 10.1. The molecule has 1 rings (SSSR count). The Bertz CT molecular complexity index is 394. The van der Waals surface area contributed by atoms with E-state index in [0.717, 1.165) is 6.20 Å². The van der Waals surface area contributed by atoms with Gasteiger partial charge in [-0.05, 0) is 19.9 Å². The van der Waals surface area contributed by atoms with Crippen LogP contribution < -0.4 is 9.88 Å². The molecule has 1 aromatic rings. The monoisotopic (exact) mass is 242 g/mol. The zero-order valence-corrected chi connectivity index (χ0v) is 10.3. The van der Waals surface area contributed by atoms with Gasteiger partial charge < -0.3 is 4.74 Å². The van der Waals surface area contributed by atoms with E-state index in [1.807, 2.05) is 19.9 Å². The molecule has 0 saturated heterocycles. The highest BCUT2D eigenvalue weighted by molar-refractivity contribution is 7.98. The van der Waals surface area contributed by atoms with Crippen molar-refractivity contribution in [1.29, 1.82) is 0 Å². The average molecular weight is 242 g/mol. The van der Waals surface area contributed by atoms with E-state index in [1.54, 1.807) is 6.08 Å². The summed E-state index contributed by atoms with van der Waals surface area (Å²) in [6.07, 6.45) is 4.77. The molecule has 0 atom stereocenters. The summed E-state index contributed by atoms with van der Waals surface area (Å²) in [5, 5.41) is 5.52. The molecule has 0 aromatic carbocycles. The lowest BCUT2D eigenvalue weighted by Crippen LogP contribution is -2.12. The second-order valence-corrected chi connectivity index (χ2v) is 5.09. The molecule has 0 aliphatic heterocycles. The summed E-state index contributed by atoms with van der Waals surface area (Å²) in [4.78, 5) is 3.84. The third kappa shape index (κ3) is 3.50. The fourth-order valence-electron chi connectivity index (χ4n) is 1.06. The van der Waals surface area contributed by atoms with E-state index in [-0.39, 0.29) is 4.75 Å². The van der Waals surface area contributed by atoms with Crippen LogP contribution in [-0.4, -0.2) is 16.8 Å². The summed E-state index contributed by atoms with van der Waals surface area (Å²) < 4.78 is 17.8. The highest BCUT2D eigenvalue weighted by Crippen LogP contribution is 2.24. The van der Waals surface area contributed by atoms with Gasteiger partial charge >= 0.3 is 0 Å². The van der Waals surface area contributed by atoms with Gasteiger partial charge in [0.05, 0.1) is 13.3 Å². The number of pyridine rings is 1. The van der Waals surface area contributed by atoms with Gasteiger partial charge in [0, 0.05) is 10.3 Å². The summed E-state index contributed by atoms with van der Waals surface area (Å²) in [6, 6.07) is 1.37. The van der Waals surface area contributed by atoms with Crippen molar-refractivity contribution in [2.75, 3.05) is 7.11 Å². The second-order valence-electron chi connectivity index (χ2n) is 3.81. The molecular formula is C11H15FN2OS. The van der Waals surface area contributed by atoms with Gasteiger partial charge in [0.25, 0.3) is 0 Å². The highest BCUT2D eigenvalue weighted by Gasteiger charge is 2.12. The second kappa shape index (κ2) is 5.32. The molecule has 0 fully saturated rings. The van der Waals surface area contributed by atoms with Crippen LogP contribution >= 0.6 is 11.9 Å². The number of nitrogens with two attached hydrogens (primary N) is 1. The van der Waals surface area contributed by atoms with E-state index < -0.39 is 5.82 Å². The number of hydrogen-bond donors (Lipinski definition) is 1. The van der Waals surface area contributed by atoms with Gasteiger partial charge in [-0.1, -0.05) is 24.1 Å². The Kier molecular flexibility index (Phi) is 4.32. The molecular weight excluding hydrogens is 227 g/mol. The Hall–Kier alpha value is -1.07. The van der Waals surface area contributed by atoms with Crippen LogP contribution in [0.5, 0.6) is 5.88 Å². The third-order valence-corrected chi connectivity index (χ3v) is 2.75. The van der Waals surface area contributed by atoms with Crippen LogP contribution in [0.2, 0.25) is 0 Å². The van der Waals surface area contributed by atoms with Gasteiger partial charge in [-0.2, -0.15) is 0 Å². The normalized spacial score (nSPS) is 12.1. The quantitative estimate of drug-likeness (QED) is 0.824. The molecule has 0 saturated carbocycles. The summed E-state index contributed by atoms with van der Waals surface area (Å²) >= 11 is 1.22. The Morgan fingerprint density at radius 1 is 1.56 bits per heavy atom. The number of aromatic nitrogens is 1. The smallest absolute Gasteiger partial charge is 0.220 e. The van der Waals surface area contributed by atoms with Crippen molar-refractivity contribution < 1.29 is 9.13 Å². The molecule has 3 nitrogen and oxygen atoms in total. The lowest BCUT2D eigenvalue weighted by Gasteiger charge is -2.15. The molecule has 5 heteroatoms. The highest BCUT2D eigenvalue weighted by atomic mass is 32.2. The Morgan fingerprint density at radius 2 is 2.25 bits per heavy atom. The van der Waals surface area contributed by atoms with Crippen molar-refractivity contribution >= 4 is 18.0 Å².